The number of aliphatic hydroxyl groups excluding tert-OH is 22. The van der Waals surface area contributed by atoms with Crippen LogP contribution in [0.5, 0.6) is 0 Å². The van der Waals surface area contributed by atoms with Crippen molar-refractivity contribution in [3.63, 3.8) is 0 Å². The highest BCUT2D eigenvalue weighted by atomic mass is 16.8. The number of amides is 1. The van der Waals surface area contributed by atoms with Crippen LogP contribution < -0.4 is 5.32 Å². The Balaban J connectivity index is 1.20. The predicted octanol–water partition coefficient (Wildman–Crippen LogP) is -16.1. The Morgan fingerprint density at radius 2 is 0.642 bits per heavy atom. The van der Waals surface area contributed by atoms with Crippen LogP contribution in [-0.4, -0.2) is 379 Å². The van der Waals surface area contributed by atoms with Crippen LogP contribution in [0.25, 0.3) is 0 Å². The first-order chi connectivity index (χ1) is 38.3. The highest BCUT2D eigenvalue weighted by molar-refractivity contribution is 5.73. The smallest absolute Gasteiger partial charge is 0.217 e. The van der Waals surface area contributed by atoms with Crippen LogP contribution in [0.3, 0.4) is 0 Å². The van der Waals surface area contributed by atoms with Gasteiger partial charge in [0.25, 0.3) is 0 Å². The summed E-state index contributed by atoms with van der Waals surface area (Å²) in [5, 5.41) is 238. The lowest BCUT2D eigenvalue weighted by molar-refractivity contribution is -0.397. The van der Waals surface area contributed by atoms with Gasteiger partial charge in [0, 0.05) is 6.92 Å². The Kier molecular flexibility index (Phi) is 23.6. The fourth-order valence-electron chi connectivity index (χ4n) is 10.2. The number of carbonyl (C=O) groups excluding carboxylic acids is 1. The number of hydrogen-bond acceptors (Lipinski definition) is 36. The molecule has 23 N–H and O–H groups in total. The van der Waals surface area contributed by atoms with Gasteiger partial charge in [0.15, 0.2) is 44.0 Å². The lowest BCUT2D eigenvalue weighted by Gasteiger charge is -2.50. The molecule has 0 aromatic rings. The average Bonchev–Trinajstić information content (AvgIpc) is 3.48. The second-order valence-electron chi connectivity index (χ2n) is 20.4. The van der Waals surface area contributed by atoms with E-state index in [1.807, 2.05) is 0 Å². The van der Waals surface area contributed by atoms with Crippen LogP contribution in [0, 0.1) is 0 Å². The van der Waals surface area contributed by atoms with Crippen molar-refractivity contribution in [3.05, 3.63) is 0 Å². The summed E-state index contributed by atoms with van der Waals surface area (Å²) in [6, 6.07) is -1.68. The van der Waals surface area contributed by atoms with Crippen molar-refractivity contribution in [1.29, 1.82) is 0 Å². The van der Waals surface area contributed by atoms with Gasteiger partial charge in [-0.3, -0.25) is 4.79 Å². The third kappa shape index (κ3) is 14.2. The molecule has 81 heavy (non-hydrogen) atoms. The summed E-state index contributed by atoms with van der Waals surface area (Å²) in [4.78, 5) is 12.1. The van der Waals surface area contributed by atoms with Gasteiger partial charge in [0.05, 0.1) is 46.2 Å². The molecule has 0 spiro atoms. The fraction of sp³-hybridized carbons (Fsp3) is 0.977. The molecule has 0 saturated carbocycles. The highest BCUT2D eigenvalue weighted by Gasteiger charge is 2.58. The minimum Gasteiger partial charge on any atom is -0.394 e. The van der Waals surface area contributed by atoms with Crippen LogP contribution in [0.2, 0.25) is 0 Å². The van der Waals surface area contributed by atoms with Crippen molar-refractivity contribution in [1.82, 2.24) is 5.32 Å². The van der Waals surface area contributed by atoms with Crippen molar-refractivity contribution in [2.45, 2.75) is 222 Å². The van der Waals surface area contributed by atoms with Crippen LogP contribution >= 0.6 is 0 Å². The molecule has 0 aromatic carbocycles. The van der Waals surface area contributed by atoms with Crippen LogP contribution in [0.15, 0.2) is 0 Å². The average molecular weight is 1190 g/mol. The maximum atomic E-state index is 12.1. The molecule has 35 atom stereocenters. The molecule has 0 aliphatic carbocycles. The summed E-state index contributed by atoms with van der Waals surface area (Å²) in [7, 11) is 0. The molecule has 37 heteroatoms. The molecular formula is C44H75NO36. The van der Waals surface area contributed by atoms with Crippen molar-refractivity contribution in [3.8, 4) is 0 Å². The van der Waals surface area contributed by atoms with Gasteiger partial charge in [-0.05, 0) is 0 Å². The molecule has 7 aliphatic heterocycles. The van der Waals surface area contributed by atoms with Gasteiger partial charge in [0.1, 0.15) is 171 Å². The fourth-order valence-corrected chi connectivity index (χ4v) is 10.2. The van der Waals surface area contributed by atoms with Gasteiger partial charge in [-0.2, -0.15) is 0 Å². The van der Waals surface area contributed by atoms with Gasteiger partial charge >= 0.3 is 0 Å². The number of rotatable bonds is 20. The third-order valence-electron chi connectivity index (χ3n) is 14.9. The number of hydrogen-bond donors (Lipinski definition) is 23. The van der Waals surface area contributed by atoms with E-state index in [4.69, 9.17) is 61.6 Å². The van der Waals surface area contributed by atoms with E-state index >= 15 is 0 Å². The Hall–Kier alpha value is -1.93. The van der Waals surface area contributed by atoms with E-state index in [0.29, 0.717) is 0 Å². The van der Waals surface area contributed by atoms with Gasteiger partial charge in [-0.1, -0.05) is 0 Å². The molecule has 35 unspecified atom stereocenters. The summed E-state index contributed by atoms with van der Waals surface area (Å²) in [6.07, 6.45) is -68.1. The van der Waals surface area contributed by atoms with Crippen molar-refractivity contribution < 1.29 is 179 Å². The molecule has 472 valence electrons. The zero-order valence-electron chi connectivity index (χ0n) is 42.7. The largest absolute Gasteiger partial charge is 0.394 e. The highest BCUT2D eigenvalue weighted by Crippen LogP contribution is 2.37. The number of carbonyl (C=O) groups is 1. The van der Waals surface area contributed by atoms with E-state index in [2.05, 4.69) is 5.32 Å². The van der Waals surface area contributed by atoms with E-state index in [1.54, 1.807) is 0 Å². The first-order valence-corrected chi connectivity index (χ1v) is 25.6. The monoisotopic (exact) mass is 1190 g/mol. The molecule has 7 saturated heterocycles. The molecule has 0 radical (unpaired) electrons. The van der Waals surface area contributed by atoms with Gasteiger partial charge < -0.3 is 179 Å². The van der Waals surface area contributed by atoms with Crippen LogP contribution in [-0.2, 0) is 66.4 Å². The predicted molar refractivity (Wildman–Crippen MR) is 243 cm³/mol. The molecule has 0 bridgehead atoms. The molecule has 1 amide bonds. The second kappa shape index (κ2) is 28.7. The Labute approximate surface area is 457 Å². The van der Waals surface area contributed by atoms with Crippen molar-refractivity contribution in [2.24, 2.45) is 0 Å². The Bertz CT molecular complexity index is 1940. The standard InChI is InChI=1S/C44H75NO36/c1-9(51)45-17-24(58)34(14(6-50)71-38(17)68)78-43-33(67)36(80-44-37(28(62)21(55)13(5-49)75-44)81-42-31(65)27(61)20(54)12(4-48)74-42)23(57)16(77-43)8-70-40-32(66)35(79-41-30(64)26(60)19(53)11(3-47)73-41)22(56)15(76-40)7-69-39-29(63)25(59)18(52)10(2-46)72-39/h10-44,46-50,52-68H,2-8H2,1H3,(H,45,51). The minimum atomic E-state index is -2.37. The molecular weight excluding hydrogens is 1120 g/mol. The minimum absolute atomic E-state index is 0.796. The summed E-state index contributed by atoms with van der Waals surface area (Å²) < 4.78 is 73.9. The Morgan fingerprint density at radius 1 is 0.321 bits per heavy atom. The van der Waals surface area contributed by atoms with E-state index < -0.39 is 267 Å². The molecule has 7 heterocycles. The molecule has 37 nitrogen and oxygen atoms in total. The van der Waals surface area contributed by atoms with Crippen LogP contribution in [0.4, 0.5) is 0 Å². The first-order valence-electron chi connectivity index (χ1n) is 25.6. The Morgan fingerprint density at radius 3 is 1.09 bits per heavy atom. The third-order valence-corrected chi connectivity index (χ3v) is 14.9. The topological polar surface area (TPSA) is 594 Å². The maximum Gasteiger partial charge on any atom is 0.217 e. The quantitative estimate of drug-likeness (QED) is 0.0538. The van der Waals surface area contributed by atoms with Crippen molar-refractivity contribution >= 4 is 5.91 Å². The van der Waals surface area contributed by atoms with Gasteiger partial charge in [0.2, 0.25) is 5.91 Å². The maximum absolute atomic E-state index is 12.1. The van der Waals surface area contributed by atoms with Gasteiger partial charge in [-0.25, -0.2) is 0 Å². The van der Waals surface area contributed by atoms with Gasteiger partial charge in [-0.15, -0.1) is 0 Å². The lowest BCUT2D eigenvalue weighted by Crippen LogP contribution is -2.69. The molecule has 7 aliphatic rings. The van der Waals surface area contributed by atoms with E-state index in [-0.39, 0.29) is 0 Å². The normalized spacial score (nSPS) is 51.9. The summed E-state index contributed by atoms with van der Waals surface area (Å²) >= 11 is 0. The molecule has 7 fully saturated rings. The SMILES string of the molecule is CC(=O)NC1C(O)OC(CO)C(OC2OC(COC3OC(COC4OC(CO)C(O)C(O)C4O)C(O)C(OC4OC(CO)C(O)C(O)C4O)C3O)C(O)C(OC3OC(CO)C(O)C(O)C3OC3OC(CO)C(O)C(O)C3O)C2O)C1O. The van der Waals surface area contributed by atoms with Crippen LogP contribution in [0.1, 0.15) is 6.92 Å². The number of aliphatic hydroxyl groups is 22. The molecule has 0 aromatic heterocycles. The first kappa shape index (κ1) is 66.6. The summed E-state index contributed by atoms with van der Waals surface area (Å²) in [5.74, 6) is -0.796. The zero-order chi connectivity index (χ0) is 59.6. The lowest BCUT2D eigenvalue weighted by atomic mass is 9.95. The summed E-state index contributed by atoms with van der Waals surface area (Å²) in [6.45, 7) is -5.85. The number of ether oxygens (including phenoxy) is 13. The van der Waals surface area contributed by atoms with Crippen molar-refractivity contribution in [2.75, 3.05) is 46.2 Å². The number of nitrogens with one attached hydrogen (secondary N) is 1. The van der Waals surface area contributed by atoms with E-state index in [9.17, 15) is 117 Å². The summed E-state index contributed by atoms with van der Waals surface area (Å²) in [5.41, 5.74) is 0. The zero-order valence-corrected chi connectivity index (χ0v) is 42.7. The second-order valence-corrected chi connectivity index (χ2v) is 20.4. The van der Waals surface area contributed by atoms with E-state index in [0.717, 1.165) is 6.92 Å². The van der Waals surface area contributed by atoms with E-state index in [1.165, 1.54) is 0 Å². The molecule has 7 rings (SSSR count).